The topological polar surface area (TPSA) is 43.4 Å². The van der Waals surface area contributed by atoms with Gasteiger partial charge < -0.3 is 4.74 Å². The van der Waals surface area contributed by atoms with E-state index in [0.717, 1.165) is 11.1 Å². The molecule has 0 heterocycles. The molecule has 0 aromatic heterocycles. The Hall–Kier alpha value is -1.84. The van der Waals surface area contributed by atoms with Gasteiger partial charge in [-0.1, -0.05) is 35.3 Å². The summed E-state index contributed by atoms with van der Waals surface area (Å²) in [4.78, 5) is 24.5. The van der Waals surface area contributed by atoms with Crippen LogP contribution in [0.1, 0.15) is 38.8 Å². The van der Waals surface area contributed by atoms with Crippen LogP contribution in [0.15, 0.2) is 36.4 Å². The SMILES string of the molecule is Cc1ccc(C(=O)[C@H](C)OC(=O)c2cc(Cl)cc(Cl)c2)cc1C. The number of ketones is 1. The molecule has 0 fully saturated rings. The number of esters is 1. The standard InChI is InChI=1S/C18H16Cl2O3/c1-10-4-5-13(6-11(10)2)17(21)12(3)23-18(22)14-7-15(19)9-16(20)8-14/h4-9,12H,1-3H3/t12-/m0/s1. The van der Waals surface area contributed by atoms with E-state index in [0.29, 0.717) is 15.6 Å². The van der Waals surface area contributed by atoms with Gasteiger partial charge in [0.25, 0.3) is 0 Å². The summed E-state index contributed by atoms with van der Waals surface area (Å²) in [7, 11) is 0. The molecule has 1 atom stereocenters. The van der Waals surface area contributed by atoms with Gasteiger partial charge in [0.1, 0.15) is 0 Å². The minimum Gasteiger partial charge on any atom is -0.451 e. The Balaban J connectivity index is 2.14. The van der Waals surface area contributed by atoms with E-state index >= 15 is 0 Å². The maximum atomic E-state index is 12.4. The Kier molecular flexibility index (Phi) is 5.45. The van der Waals surface area contributed by atoms with Gasteiger partial charge in [-0.2, -0.15) is 0 Å². The molecular formula is C18H16Cl2O3. The van der Waals surface area contributed by atoms with Crippen LogP contribution in [0.3, 0.4) is 0 Å². The zero-order chi connectivity index (χ0) is 17.1. The van der Waals surface area contributed by atoms with Gasteiger partial charge in [0.2, 0.25) is 5.78 Å². The molecule has 0 aliphatic rings. The van der Waals surface area contributed by atoms with Crippen molar-refractivity contribution in [1.82, 2.24) is 0 Å². The second-order valence-electron chi connectivity index (χ2n) is 5.37. The molecule has 0 aliphatic heterocycles. The van der Waals surface area contributed by atoms with Crippen molar-refractivity contribution in [3.05, 3.63) is 68.7 Å². The molecule has 5 heteroatoms. The van der Waals surface area contributed by atoms with Gasteiger partial charge >= 0.3 is 5.97 Å². The predicted molar refractivity (Wildman–Crippen MR) is 91.6 cm³/mol. The molecular weight excluding hydrogens is 335 g/mol. The van der Waals surface area contributed by atoms with Crippen molar-refractivity contribution in [2.75, 3.05) is 0 Å². The smallest absolute Gasteiger partial charge is 0.338 e. The molecule has 0 radical (unpaired) electrons. The average Bonchev–Trinajstić information content (AvgIpc) is 2.48. The lowest BCUT2D eigenvalue weighted by Gasteiger charge is -2.13. The lowest BCUT2D eigenvalue weighted by Crippen LogP contribution is -2.24. The van der Waals surface area contributed by atoms with E-state index in [1.165, 1.54) is 18.2 Å². The Morgan fingerprint density at radius 1 is 0.913 bits per heavy atom. The first kappa shape index (κ1) is 17.5. The number of ether oxygens (including phenoxy) is 1. The molecule has 0 spiro atoms. The highest BCUT2D eigenvalue weighted by atomic mass is 35.5. The Morgan fingerprint density at radius 2 is 1.52 bits per heavy atom. The molecule has 0 saturated carbocycles. The van der Waals surface area contributed by atoms with E-state index in [1.54, 1.807) is 19.1 Å². The van der Waals surface area contributed by atoms with Crippen LogP contribution in [0, 0.1) is 13.8 Å². The minimum absolute atomic E-state index is 0.210. The summed E-state index contributed by atoms with van der Waals surface area (Å²) in [5.41, 5.74) is 2.83. The number of hydrogen-bond acceptors (Lipinski definition) is 3. The second-order valence-corrected chi connectivity index (χ2v) is 6.24. The lowest BCUT2D eigenvalue weighted by atomic mass is 10.0. The maximum absolute atomic E-state index is 12.4. The number of carbonyl (C=O) groups excluding carboxylic acids is 2. The third-order valence-electron chi connectivity index (χ3n) is 3.54. The van der Waals surface area contributed by atoms with Gasteiger partial charge in [0.15, 0.2) is 6.10 Å². The quantitative estimate of drug-likeness (QED) is 0.573. The number of hydrogen-bond donors (Lipinski definition) is 0. The zero-order valence-electron chi connectivity index (χ0n) is 13.0. The van der Waals surface area contributed by atoms with Gasteiger partial charge in [-0.25, -0.2) is 4.79 Å². The molecule has 120 valence electrons. The van der Waals surface area contributed by atoms with Crippen LogP contribution in [0.25, 0.3) is 0 Å². The molecule has 0 bridgehead atoms. The van der Waals surface area contributed by atoms with Crippen molar-refractivity contribution in [2.45, 2.75) is 26.9 Å². The van der Waals surface area contributed by atoms with Crippen molar-refractivity contribution >= 4 is 35.0 Å². The van der Waals surface area contributed by atoms with Gasteiger partial charge in [-0.05, 0) is 56.2 Å². The summed E-state index contributed by atoms with van der Waals surface area (Å²) in [5, 5.41) is 0.662. The third kappa shape index (κ3) is 4.34. The van der Waals surface area contributed by atoms with E-state index in [9.17, 15) is 9.59 Å². The fourth-order valence-corrected chi connectivity index (χ4v) is 2.61. The third-order valence-corrected chi connectivity index (χ3v) is 3.98. The van der Waals surface area contributed by atoms with Crippen LogP contribution in [-0.2, 0) is 4.74 Å². The van der Waals surface area contributed by atoms with Crippen LogP contribution in [0.5, 0.6) is 0 Å². The summed E-state index contributed by atoms with van der Waals surface area (Å²) >= 11 is 11.7. The minimum atomic E-state index is -0.901. The van der Waals surface area contributed by atoms with E-state index < -0.39 is 12.1 Å². The van der Waals surface area contributed by atoms with E-state index in [1.807, 2.05) is 19.9 Å². The van der Waals surface area contributed by atoms with Crippen molar-refractivity contribution in [1.29, 1.82) is 0 Å². The molecule has 2 rings (SSSR count). The summed E-state index contributed by atoms with van der Waals surface area (Å²) in [6.07, 6.45) is -0.901. The first-order valence-corrected chi connectivity index (χ1v) is 7.82. The first-order chi connectivity index (χ1) is 10.8. The fraction of sp³-hybridized carbons (Fsp3) is 0.222. The summed E-state index contributed by atoms with van der Waals surface area (Å²) in [5.74, 6) is -0.895. The van der Waals surface area contributed by atoms with Crippen molar-refractivity contribution < 1.29 is 14.3 Å². The van der Waals surface area contributed by atoms with E-state index in [4.69, 9.17) is 27.9 Å². The average molecular weight is 351 g/mol. The monoisotopic (exact) mass is 350 g/mol. The van der Waals surface area contributed by atoms with Crippen LogP contribution >= 0.6 is 23.2 Å². The normalized spacial score (nSPS) is 11.9. The number of Topliss-reactive ketones (excluding diaryl/α,β-unsaturated/α-hetero) is 1. The zero-order valence-corrected chi connectivity index (χ0v) is 14.5. The molecule has 0 saturated heterocycles. The summed E-state index contributed by atoms with van der Waals surface area (Å²) in [6, 6.07) is 9.80. The summed E-state index contributed by atoms with van der Waals surface area (Å²) < 4.78 is 5.23. The van der Waals surface area contributed by atoms with Gasteiger partial charge in [0, 0.05) is 15.6 Å². The number of halogens is 2. The van der Waals surface area contributed by atoms with Crippen molar-refractivity contribution in [2.24, 2.45) is 0 Å². The molecule has 23 heavy (non-hydrogen) atoms. The maximum Gasteiger partial charge on any atom is 0.338 e. The van der Waals surface area contributed by atoms with Gasteiger partial charge in [0.05, 0.1) is 5.56 Å². The van der Waals surface area contributed by atoms with Crippen molar-refractivity contribution in [3.63, 3.8) is 0 Å². The fourth-order valence-electron chi connectivity index (χ4n) is 2.08. The van der Waals surface area contributed by atoms with Gasteiger partial charge in [-0.3, -0.25) is 4.79 Å². The molecule has 2 aromatic rings. The van der Waals surface area contributed by atoms with E-state index in [-0.39, 0.29) is 11.3 Å². The number of benzene rings is 2. The molecule has 0 unspecified atom stereocenters. The molecule has 0 aliphatic carbocycles. The molecule has 0 amide bonds. The number of aryl methyl sites for hydroxylation is 2. The van der Waals surface area contributed by atoms with Crippen LogP contribution in [0.4, 0.5) is 0 Å². The predicted octanol–water partition coefficient (Wildman–Crippen LogP) is 5.04. The Bertz CT molecular complexity index is 749. The Morgan fingerprint density at radius 3 is 2.09 bits per heavy atom. The Labute approximate surface area is 145 Å². The first-order valence-electron chi connectivity index (χ1n) is 7.06. The van der Waals surface area contributed by atoms with Crippen molar-refractivity contribution in [3.8, 4) is 0 Å². The number of carbonyl (C=O) groups is 2. The molecule has 3 nitrogen and oxygen atoms in total. The molecule has 0 N–H and O–H groups in total. The molecule has 2 aromatic carbocycles. The van der Waals surface area contributed by atoms with Crippen LogP contribution in [0.2, 0.25) is 10.0 Å². The largest absolute Gasteiger partial charge is 0.451 e. The lowest BCUT2D eigenvalue weighted by molar-refractivity contribution is 0.0319. The van der Waals surface area contributed by atoms with Gasteiger partial charge in [-0.15, -0.1) is 0 Å². The summed E-state index contributed by atoms with van der Waals surface area (Å²) in [6.45, 7) is 5.44. The van der Waals surface area contributed by atoms with Crippen LogP contribution in [-0.4, -0.2) is 17.9 Å². The van der Waals surface area contributed by atoms with E-state index in [2.05, 4.69) is 0 Å². The second kappa shape index (κ2) is 7.16. The highest BCUT2D eigenvalue weighted by Crippen LogP contribution is 2.20. The van der Waals surface area contributed by atoms with Crippen LogP contribution < -0.4 is 0 Å². The highest BCUT2D eigenvalue weighted by molar-refractivity contribution is 6.35. The number of rotatable bonds is 4. The highest BCUT2D eigenvalue weighted by Gasteiger charge is 2.21.